The number of carboxylic acids is 1. The van der Waals surface area contributed by atoms with Crippen molar-refractivity contribution in [3.8, 4) is 10.6 Å². The van der Waals surface area contributed by atoms with Gasteiger partial charge in [0.25, 0.3) is 0 Å². The smallest absolute Gasteiger partial charge is 0.320 e. The van der Waals surface area contributed by atoms with Gasteiger partial charge in [0.1, 0.15) is 11.0 Å². The maximum absolute atomic E-state index is 11.1. The third-order valence-electron chi connectivity index (χ3n) is 3.29. The minimum absolute atomic E-state index is 0.0395. The molecule has 0 unspecified atom stereocenters. The fourth-order valence-electron chi connectivity index (χ4n) is 2.04. The molecule has 4 nitrogen and oxygen atoms in total. The first-order chi connectivity index (χ1) is 9.97. The summed E-state index contributed by atoms with van der Waals surface area (Å²) in [5, 5.41) is 15.1. The number of nitrogens with zero attached hydrogens (tertiary/aromatic N) is 1. The van der Waals surface area contributed by atoms with Gasteiger partial charge in [0, 0.05) is 17.5 Å². The Bertz CT molecular complexity index is 605. The molecule has 0 amide bonds. The summed E-state index contributed by atoms with van der Waals surface area (Å²) in [6, 6.07) is 7.69. The van der Waals surface area contributed by atoms with Gasteiger partial charge in [-0.1, -0.05) is 43.7 Å². The number of hydrogen-bond acceptors (Lipinski definition) is 4. The van der Waals surface area contributed by atoms with Gasteiger partial charge in [-0.25, -0.2) is 4.98 Å². The molecule has 1 heterocycles. The highest BCUT2D eigenvalue weighted by molar-refractivity contribution is 7.13. The number of carboxylic acid groups (broad SMARTS) is 1. The zero-order valence-corrected chi connectivity index (χ0v) is 13.3. The van der Waals surface area contributed by atoms with Gasteiger partial charge in [0.15, 0.2) is 0 Å². The predicted octanol–water partition coefficient (Wildman–Crippen LogP) is 3.32. The molecule has 1 aromatic carbocycles. The molecular formula is C16H20N2O2S. The van der Waals surface area contributed by atoms with Crippen LogP contribution < -0.4 is 5.32 Å². The van der Waals surface area contributed by atoms with Crippen molar-refractivity contribution in [3.05, 3.63) is 40.9 Å². The quantitative estimate of drug-likeness (QED) is 0.859. The summed E-state index contributed by atoms with van der Waals surface area (Å²) in [6.45, 7) is 6.31. The Labute approximate surface area is 128 Å². The summed E-state index contributed by atoms with van der Waals surface area (Å²) in [5.41, 5.74) is 3.19. The second-order valence-corrected chi connectivity index (χ2v) is 6.31. The molecule has 112 valence electrons. The van der Waals surface area contributed by atoms with Crippen molar-refractivity contribution in [2.75, 3.05) is 0 Å². The van der Waals surface area contributed by atoms with E-state index in [0.29, 0.717) is 6.54 Å². The number of carbonyl (C=O) groups is 1. The van der Waals surface area contributed by atoms with Crippen LogP contribution in [0.25, 0.3) is 10.6 Å². The number of hydrogen-bond donors (Lipinski definition) is 2. The molecule has 0 fully saturated rings. The van der Waals surface area contributed by atoms with Crippen LogP contribution in [0.4, 0.5) is 0 Å². The molecule has 5 heteroatoms. The van der Waals surface area contributed by atoms with Gasteiger partial charge in [-0.05, 0) is 12.8 Å². The Kier molecular flexibility index (Phi) is 5.09. The first-order valence-electron chi connectivity index (χ1n) is 6.95. The molecule has 0 saturated heterocycles. The zero-order chi connectivity index (χ0) is 15.4. The van der Waals surface area contributed by atoms with E-state index in [-0.39, 0.29) is 5.92 Å². The van der Waals surface area contributed by atoms with E-state index >= 15 is 0 Å². The highest BCUT2D eigenvalue weighted by Crippen LogP contribution is 2.24. The highest BCUT2D eigenvalue weighted by Gasteiger charge is 2.20. The van der Waals surface area contributed by atoms with Gasteiger partial charge in [-0.2, -0.15) is 0 Å². The lowest BCUT2D eigenvalue weighted by Gasteiger charge is -2.16. The van der Waals surface area contributed by atoms with Gasteiger partial charge >= 0.3 is 5.97 Å². The second-order valence-electron chi connectivity index (χ2n) is 5.45. The van der Waals surface area contributed by atoms with Crippen molar-refractivity contribution >= 4 is 17.3 Å². The molecule has 21 heavy (non-hydrogen) atoms. The van der Waals surface area contributed by atoms with E-state index in [0.717, 1.165) is 16.3 Å². The molecule has 0 aliphatic rings. The fourth-order valence-corrected chi connectivity index (χ4v) is 2.87. The maximum Gasteiger partial charge on any atom is 0.320 e. The van der Waals surface area contributed by atoms with Crippen LogP contribution in [0.2, 0.25) is 0 Å². The number of nitrogens with one attached hydrogen (secondary N) is 1. The van der Waals surface area contributed by atoms with Crippen molar-refractivity contribution in [2.45, 2.75) is 33.4 Å². The molecule has 2 N–H and O–H groups in total. The van der Waals surface area contributed by atoms with Crippen LogP contribution in [-0.2, 0) is 11.3 Å². The van der Waals surface area contributed by atoms with Gasteiger partial charge in [0.2, 0.25) is 0 Å². The lowest BCUT2D eigenvalue weighted by Crippen LogP contribution is -2.40. The van der Waals surface area contributed by atoms with E-state index in [1.165, 1.54) is 5.56 Å². The van der Waals surface area contributed by atoms with Gasteiger partial charge in [-0.3, -0.25) is 10.1 Å². The summed E-state index contributed by atoms with van der Waals surface area (Å²) in [6.07, 6.45) is 0. The number of aliphatic carboxylic acids is 1. The topological polar surface area (TPSA) is 62.2 Å². The molecule has 0 saturated carbocycles. The van der Waals surface area contributed by atoms with Crippen molar-refractivity contribution in [2.24, 2.45) is 5.92 Å². The normalized spacial score (nSPS) is 12.6. The van der Waals surface area contributed by atoms with Crippen LogP contribution in [-0.4, -0.2) is 22.1 Å². The molecule has 1 aromatic heterocycles. The molecule has 1 atom stereocenters. The van der Waals surface area contributed by atoms with E-state index < -0.39 is 12.0 Å². The molecule has 0 bridgehead atoms. The van der Waals surface area contributed by atoms with Crippen LogP contribution in [0.15, 0.2) is 29.6 Å². The SMILES string of the molecule is Cc1ccc(-c2nc(CN[C@@H](C(=O)O)C(C)C)cs2)cc1. The second kappa shape index (κ2) is 6.83. The van der Waals surface area contributed by atoms with Crippen LogP contribution in [0.5, 0.6) is 0 Å². The lowest BCUT2D eigenvalue weighted by atomic mass is 10.1. The molecule has 0 spiro atoms. The Morgan fingerprint density at radius 1 is 1.33 bits per heavy atom. The number of rotatable bonds is 6. The van der Waals surface area contributed by atoms with Gasteiger partial charge < -0.3 is 5.11 Å². The van der Waals surface area contributed by atoms with Gasteiger partial charge in [0.05, 0.1) is 5.69 Å². The van der Waals surface area contributed by atoms with E-state index in [1.807, 2.05) is 19.2 Å². The molecule has 0 aliphatic carbocycles. The number of thiazole rings is 1. The predicted molar refractivity (Wildman–Crippen MR) is 85.4 cm³/mol. The van der Waals surface area contributed by atoms with Crippen LogP contribution >= 0.6 is 11.3 Å². The van der Waals surface area contributed by atoms with Crippen molar-refractivity contribution < 1.29 is 9.90 Å². The summed E-state index contributed by atoms with van der Waals surface area (Å²) >= 11 is 1.58. The average molecular weight is 304 g/mol. The number of aryl methyl sites for hydroxylation is 1. The molecule has 2 aromatic rings. The average Bonchev–Trinajstić information content (AvgIpc) is 2.87. The maximum atomic E-state index is 11.1. The van der Waals surface area contributed by atoms with E-state index in [4.69, 9.17) is 5.11 Å². The Morgan fingerprint density at radius 3 is 2.57 bits per heavy atom. The largest absolute Gasteiger partial charge is 0.480 e. The lowest BCUT2D eigenvalue weighted by molar-refractivity contribution is -0.140. The summed E-state index contributed by atoms with van der Waals surface area (Å²) in [4.78, 5) is 15.7. The number of aromatic nitrogens is 1. The molecule has 0 radical (unpaired) electrons. The van der Waals surface area contributed by atoms with Crippen molar-refractivity contribution in [3.63, 3.8) is 0 Å². The Morgan fingerprint density at radius 2 is 2.00 bits per heavy atom. The molecule has 0 aliphatic heterocycles. The Balaban J connectivity index is 2.03. The zero-order valence-electron chi connectivity index (χ0n) is 12.5. The summed E-state index contributed by atoms with van der Waals surface area (Å²) in [5.74, 6) is -0.781. The van der Waals surface area contributed by atoms with E-state index in [1.54, 1.807) is 11.3 Å². The first-order valence-corrected chi connectivity index (χ1v) is 7.83. The monoisotopic (exact) mass is 304 g/mol. The van der Waals surface area contributed by atoms with Crippen LogP contribution in [0.3, 0.4) is 0 Å². The number of benzene rings is 1. The van der Waals surface area contributed by atoms with Gasteiger partial charge in [-0.15, -0.1) is 11.3 Å². The van der Waals surface area contributed by atoms with Crippen LogP contribution in [0, 0.1) is 12.8 Å². The minimum atomic E-state index is -0.820. The summed E-state index contributed by atoms with van der Waals surface area (Å²) in [7, 11) is 0. The van der Waals surface area contributed by atoms with Crippen molar-refractivity contribution in [1.29, 1.82) is 0 Å². The third-order valence-corrected chi connectivity index (χ3v) is 4.23. The minimum Gasteiger partial charge on any atom is -0.480 e. The third kappa shape index (κ3) is 4.12. The standard InChI is InChI=1S/C16H20N2O2S/c1-10(2)14(16(19)20)17-8-13-9-21-15(18-13)12-6-4-11(3)5-7-12/h4-7,9-10,14,17H,8H2,1-3H3,(H,19,20)/t14-/m1/s1. The highest BCUT2D eigenvalue weighted by atomic mass is 32.1. The fraction of sp³-hybridized carbons (Fsp3) is 0.375. The Hall–Kier alpha value is -1.72. The summed E-state index contributed by atoms with van der Waals surface area (Å²) < 4.78 is 0. The van der Waals surface area contributed by atoms with Crippen molar-refractivity contribution in [1.82, 2.24) is 10.3 Å². The van der Waals surface area contributed by atoms with E-state index in [2.05, 4.69) is 41.5 Å². The van der Waals surface area contributed by atoms with E-state index in [9.17, 15) is 4.79 Å². The molecule has 2 rings (SSSR count). The van der Waals surface area contributed by atoms with Crippen LogP contribution in [0.1, 0.15) is 25.1 Å². The molecular weight excluding hydrogens is 284 g/mol. The first kappa shape index (κ1) is 15.7.